The van der Waals surface area contributed by atoms with Crippen LogP contribution in [0.3, 0.4) is 0 Å². The largest absolute Gasteiger partial charge is 0.339 e. The lowest BCUT2D eigenvalue weighted by Crippen LogP contribution is -2.39. The zero-order chi connectivity index (χ0) is 14.0. The molecule has 1 aromatic rings. The lowest BCUT2D eigenvalue weighted by Gasteiger charge is -2.31. The van der Waals surface area contributed by atoms with E-state index in [0.29, 0.717) is 18.6 Å². The normalized spacial score (nSPS) is 16.5. The van der Waals surface area contributed by atoms with Crippen LogP contribution in [0.2, 0.25) is 0 Å². The second-order valence-corrected chi connectivity index (χ2v) is 5.56. The monoisotopic (exact) mass is 259 g/mol. The number of nitrogens with zero attached hydrogens (tertiary/aromatic N) is 1. The third-order valence-electron chi connectivity index (χ3n) is 3.85. The maximum atomic E-state index is 12.5. The molecule has 3 nitrogen and oxygen atoms in total. The Hall–Kier alpha value is -1.64. The van der Waals surface area contributed by atoms with Crippen LogP contribution in [0, 0.1) is 13.8 Å². The van der Waals surface area contributed by atoms with Crippen molar-refractivity contribution in [2.24, 2.45) is 0 Å². The van der Waals surface area contributed by atoms with E-state index in [4.69, 9.17) is 0 Å². The highest BCUT2D eigenvalue weighted by atomic mass is 16.2. The molecule has 1 aliphatic rings. The third-order valence-corrected chi connectivity index (χ3v) is 3.85. The standard InChI is InChI=1S/C16H21NO2/c1-11-8-12(2)10-13(9-11)16(19)17(3)14-4-6-15(18)7-5-14/h8-10,14H,4-7H2,1-3H3. The average molecular weight is 259 g/mol. The van der Waals surface area contributed by atoms with Gasteiger partial charge in [0.1, 0.15) is 5.78 Å². The minimum Gasteiger partial charge on any atom is -0.339 e. The van der Waals surface area contributed by atoms with Gasteiger partial charge in [0, 0.05) is 31.5 Å². The molecule has 0 spiro atoms. The Morgan fingerprint density at radius 3 is 2.16 bits per heavy atom. The summed E-state index contributed by atoms with van der Waals surface area (Å²) in [5.41, 5.74) is 2.96. The van der Waals surface area contributed by atoms with Crippen LogP contribution in [-0.2, 0) is 4.79 Å². The first-order valence-electron chi connectivity index (χ1n) is 6.84. The molecule has 1 aromatic carbocycles. The molecular weight excluding hydrogens is 238 g/mol. The van der Waals surface area contributed by atoms with E-state index >= 15 is 0 Å². The molecule has 0 N–H and O–H groups in total. The highest BCUT2D eigenvalue weighted by Crippen LogP contribution is 2.21. The van der Waals surface area contributed by atoms with E-state index < -0.39 is 0 Å². The first kappa shape index (κ1) is 13.8. The Balaban J connectivity index is 2.12. The third kappa shape index (κ3) is 3.22. The number of Topliss-reactive ketones (excluding diaryl/α,β-unsaturated/α-hetero) is 1. The molecule has 0 heterocycles. The van der Waals surface area contributed by atoms with Gasteiger partial charge >= 0.3 is 0 Å². The van der Waals surface area contributed by atoms with Gasteiger partial charge in [-0.2, -0.15) is 0 Å². The van der Waals surface area contributed by atoms with Crippen molar-refractivity contribution >= 4 is 11.7 Å². The van der Waals surface area contributed by atoms with E-state index in [0.717, 1.165) is 29.5 Å². The Morgan fingerprint density at radius 1 is 1.11 bits per heavy atom. The van der Waals surface area contributed by atoms with Gasteiger partial charge in [-0.15, -0.1) is 0 Å². The molecule has 2 rings (SSSR count). The van der Waals surface area contributed by atoms with Gasteiger partial charge in [-0.3, -0.25) is 9.59 Å². The number of carbonyl (C=O) groups excluding carboxylic acids is 2. The van der Waals surface area contributed by atoms with E-state index in [2.05, 4.69) is 6.07 Å². The van der Waals surface area contributed by atoms with Crippen LogP contribution < -0.4 is 0 Å². The van der Waals surface area contributed by atoms with Gasteiger partial charge in [-0.1, -0.05) is 17.2 Å². The Kier molecular flexibility index (Phi) is 4.03. The minimum absolute atomic E-state index is 0.0612. The van der Waals surface area contributed by atoms with Crippen molar-refractivity contribution in [1.82, 2.24) is 4.90 Å². The van der Waals surface area contributed by atoms with Gasteiger partial charge in [-0.05, 0) is 38.8 Å². The zero-order valence-corrected chi connectivity index (χ0v) is 11.9. The molecule has 0 saturated heterocycles. The lowest BCUT2D eigenvalue weighted by molar-refractivity contribution is -0.121. The first-order valence-corrected chi connectivity index (χ1v) is 6.84. The van der Waals surface area contributed by atoms with Gasteiger partial charge in [0.05, 0.1) is 0 Å². The van der Waals surface area contributed by atoms with Crippen LogP contribution in [0.5, 0.6) is 0 Å². The molecule has 1 aliphatic carbocycles. The maximum Gasteiger partial charge on any atom is 0.253 e. The van der Waals surface area contributed by atoms with Gasteiger partial charge < -0.3 is 4.90 Å². The number of ketones is 1. The molecule has 102 valence electrons. The summed E-state index contributed by atoms with van der Waals surface area (Å²) in [7, 11) is 1.85. The number of amides is 1. The van der Waals surface area contributed by atoms with E-state index in [9.17, 15) is 9.59 Å². The Morgan fingerprint density at radius 2 is 1.63 bits per heavy atom. The predicted octanol–water partition coefficient (Wildman–Crippen LogP) is 2.89. The van der Waals surface area contributed by atoms with Gasteiger partial charge in [0.15, 0.2) is 0 Å². The fraction of sp³-hybridized carbons (Fsp3) is 0.500. The van der Waals surface area contributed by atoms with Gasteiger partial charge in [0.2, 0.25) is 0 Å². The van der Waals surface area contributed by atoms with Crippen LogP contribution >= 0.6 is 0 Å². The van der Waals surface area contributed by atoms with Crippen molar-refractivity contribution in [2.45, 2.75) is 45.6 Å². The molecule has 0 unspecified atom stereocenters. The summed E-state index contributed by atoms with van der Waals surface area (Å²) in [4.78, 5) is 25.5. The van der Waals surface area contributed by atoms with Gasteiger partial charge in [0.25, 0.3) is 5.91 Å². The second-order valence-electron chi connectivity index (χ2n) is 5.56. The number of carbonyl (C=O) groups is 2. The van der Waals surface area contributed by atoms with Crippen LogP contribution in [0.1, 0.15) is 47.2 Å². The fourth-order valence-electron chi connectivity index (χ4n) is 2.78. The number of rotatable bonds is 2. The van der Waals surface area contributed by atoms with Crippen LogP contribution in [-0.4, -0.2) is 29.7 Å². The SMILES string of the molecule is Cc1cc(C)cc(C(=O)N(C)C2CCC(=O)CC2)c1. The number of hydrogen-bond acceptors (Lipinski definition) is 2. The second kappa shape index (κ2) is 5.55. The number of aryl methyl sites for hydroxylation is 2. The summed E-state index contributed by atoms with van der Waals surface area (Å²) in [5, 5.41) is 0. The first-order chi connectivity index (χ1) is 8.97. The minimum atomic E-state index is 0.0612. The van der Waals surface area contributed by atoms with Crippen molar-refractivity contribution in [2.75, 3.05) is 7.05 Å². The van der Waals surface area contributed by atoms with Crippen LogP contribution in [0.15, 0.2) is 18.2 Å². The Bertz CT molecular complexity index is 477. The highest BCUT2D eigenvalue weighted by molar-refractivity contribution is 5.94. The van der Waals surface area contributed by atoms with Crippen molar-refractivity contribution < 1.29 is 9.59 Å². The molecule has 3 heteroatoms. The van der Waals surface area contributed by atoms with Gasteiger partial charge in [-0.25, -0.2) is 0 Å². The van der Waals surface area contributed by atoms with Crippen molar-refractivity contribution in [1.29, 1.82) is 0 Å². The quantitative estimate of drug-likeness (QED) is 0.819. The maximum absolute atomic E-state index is 12.5. The van der Waals surface area contributed by atoms with E-state index in [1.165, 1.54) is 0 Å². The molecule has 1 amide bonds. The van der Waals surface area contributed by atoms with Crippen molar-refractivity contribution in [3.8, 4) is 0 Å². The molecule has 0 aliphatic heterocycles. The highest BCUT2D eigenvalue weighted by Gasteiger charge is 2.25. The molecule has 0 atom stereocenters. The lowest BCUT2D eigenvalue weighted by atomic mass is 9.93. The average Bonchev–Trinajstić information content (AvgIpc) is 2.37. The molecule has 0 aromatic heterocycles. The molecule has 1 saturated carbocycles. The van der Waals surface area contributed by atoms with E-state index in [1.54, 1.807) is 4.90 Å². The molecule has 1 fully saturated rings. The summed E-state index contributed by atoms with van der Waals surface area (Å²) in [6.07, 6.45) is 2.81. The van der Waals surface area contributed by atoms with E-state index in [-0.39, 0.29) is 11.9 Å². The van der Waals surface area contributed by atoms with Crippen molar-refractivity contribution in [3.63, 3.8) is 0 Å². The summed E-state index contributed by atoms with van der Waals surface area (Å²) in [5.74, 6) is 0.384. The fourth-order valence-corrected chi connectivity index (χ4v) is 2.78. The summed E-state index contributed by atoms with van der Waals surface area (Å²) < 4.78 is 0. The molecule has 0 bridgehead atoms. The topological polar surface area (TPSA) is 37.4 Å². The molecular formula is C16H21NO2. The number of hydrogen-bond donors (Lipinski definition) is 0. The Labute approximate surface area is 114 Å². The molecule has 0 radical (unpaired) electrons. The summed E-state index contributed by atoms with van der Waals surface area (Å²) in [6, 6.07) is 6.13. The predicted molar refractivity (Wildman–Crippen MR) is 75.3 cm³/mol. The molecule has 19 heavy (non-hydrogen) atoms. The van der Waals surface area contributed by atoms with Crippen LogP contribution in [0.4, 0.5) is 0 Å². The number of benzene rings is 1. The summed E-state index contributed by atoms with van der Waals surface area (Å²) >= 11 is 0. The smallest absolute Gasteiger partial charge is 0.253 e. The summed E-state index contributed by atoms with van der Waals surface area (Å²) in [6.45, 7) is 4.01. The zero-order valence-electron chi connectivity index (χ0n) is 11.9. The van der Waals surface area contributed by atoms with Crippen LogP contribution in [0.25, 0.3) is 0 Å². The van der Waals surface area contributed by atoms with E-state index in [1.807, 2.05) is 33.0 Å². The van der Waals surface area contributed by atoms with Crippen molar-refractivity contribution in [3.05, 3.63) is 34.9 Å².